The van der Waals surface area contributed by atoms with E-state index in [2.05, 4.69) is 20.7 Å². The largest absolute Gasteiger partial charge is 0.360 e. The molecule has 1 unspecified atom stereocenters. The number of sulfonamides is 1. The van der Waals surface area contributed by atoms with E-state index in [1.807, 2.05) is 13.8 Å². The summed E-state index contributed by atoms with van der Waals surface area (Å²) in [6, 6.07) is 12.4. The van der Waals surface area contributed by atoms with Gasteiger partial charge in [-0.25, -0.2) is 8.42 Å². The predicted octanol–water partition coefficient (Wildman–Crippen LogP) is 7.51. The van der Waals surface area contributed by atoms with Crippen molar-refractivity contribution in [3.8, 4) is 0 Å². The van der Waals surface area contributed by atoms with Gasteiger partial charge in [-0.1, -0.05) is 91.3 Å². The number of halogens is 2. The first kappa shape index (κ1) is 30.2. The highest BCUT2D eigenvalue weighted by Crippen LogP contribution is 2.67. The van der Waals surface area contributed by atoms with E-state index in [1.54, 1.807) is 30.3 Å². The fourth-order valence-corrected chi connectivity index (χ4v) is 8.63. The summed E-state index contributed by atoms with van der Waals surface area (Å²) >= 11 is 9.69. The number of carbonyl (C=O) groups is 1. The lowest BCUT2D eigenvalue weighted by molar-refractivity contribution is 0.103. The predicted molar refractivity (Wildman–Crippen MR) is 149 cm³/mol. The molecule has 1 atom stereocenters. The minimum absolute atomic E-state index is 0.0579. The molecule has 0 bridgehead atoms. The van der Waals surface area contributed by atoms with Crippen LogP contribution in [0.5, 0.6) is 0 Å². The summed E-state index contributed by atoms with van der Waals surface area (Å²) in [5.74, 6) is -0.501. The van der Waals surface area contributed by atoms with Gasteiger partial charge in [-0.05, 0) is 43.2 Å². The number of unbranched alkanes of at least 4 members (excludes halogenated alkanes) is 4. The first-order chi connectivity index (χ1) is 17.6. The molecule has 2 aromatic carbocycles. The van der Waals surface area contributed by atoms with Crippen LogP contribution in [-0.4, -0.2) is 27.4 Å². The van der Waals surface area contributed by atoms with Gasteiger partial charge in [-0.3, -0.25) is 9.36 Å². The van der Waals surface area contributed by atoms with Crippen LogP contribution in [0.15, 0.2) is 69.0 Å². The summed E-state index contributed by atoms with van der Waals surface area (Å²) in [6.07, 6.45) is 5.87. The smallest absolute Gasteiger partial charge is 0.307 e. The number of allylic oxidation sites excluding steroid dienone is 1. The molecule has 0 spiro atoms. The number of ketones is 1. The Kier molecular flexibility index (Phi) is 10.7. The monoisotopic (exact) mass is 631 g/mol. The van der Waals surface area contributed by atoms with E-state index >= 15 is 0 Å². The van der Waals surface area contributed by atoms with Crippen molar-refractivity contribution in [3.63, 3.8) is 0 Å². The summed E-state index contributed by atoms with van der Waals surface area (Å²) in [5, 5.41) is -2.33. The third kappa shape index (κ3) is 6.82. The van der Waals surface area contributed by atoms with Gasteiger partial charge in [0.05, 0.1) is 23.1 Å². The Hall–Kier alpha value is -1.32. The van der Waals surface area contributed by atoms with Crippen LogP contribution in [-0.2, 0) is 28.9 Å². The Morgan fingerprint density at radius 2 is 1.51 bits per heavy atom. The molecule has 0 aromatic heterocycles. The third-order valence-corrected chi connectivity index (χ3v) is 10.8. The molecule has 1 N–H and O–H groups in total. The molecule has 0 saturated heterocycles. The lowest BCUT2D eigenvalue weighted by Gasteiger charge is -2.40. The van der Waals surface area contributed by atoms with E-state index in [0.29, 0.717) is 17.3 Å². The van der Waals surface area contributed by atoms with Crippen molar-refractivity contribution in [3.05, 3.63) is 75.2 Å². The molecule has 37 heavy (non-hydrogen) atoms. The van der Waals surface area contributed by atoms with Crippen molar-refractivity contribution >= 4 is 50.9 Å². The first-order valence-electron chi connectivity index (χ1n) is 12.3. The standard InChI is InChI=1S/C26H32BrClNO6PS/c1-3-5-9-17-34-36(31,35-18-10-6-4-2)26(29-37(32,33)21-15-13-20(27)14-16-21)19-24(28)25(30)22-11-7-8-12-23(22)26/h7-8,11-16,19,29H,3-6,9-10,17-18H2,1-2H3. The fraction of sp³-hybridized carbons (Fsp3) is 0.423. The van der Waals surface area contributed by atoms with E-state index in [1.165, 1.54) is 24.3 Å². The maximum atomic E-state index is 14.8. The van der Waals surface area contributed by atoms with Crippen molar-refractivity contribution in [2.45, 2.75) is 62.5 Å². The molecule has 0 radical (unpaired) electrons. The highest BCUT2D eigenvalue weighted by atomic mass is 79.9. The average molecular weight is 633 g/mol. The normalized spacial score (nSPS) is 17.9. The third-order valence-electron chi connectivity index (χ3n) is 6.00. The molecular weight excluding hydrogens is 601 g/mol. The molecule has 0 fully saturated rings. The van der Waals surface area contributed by atoms with Gasteiger partial charge >= 0.3 is 7.60 Å². The van der Waals surface area contributed by atoms with E-state index in [9.17, 15) is 17.8 Å². The summed E-state index contributed by atoms with van der Waals surface area (Å²) in [5.41, 5.74) is 0.294. The Balaban J connectivity index is 2.21. The number of fused-ring (bicyclic) bond motifs is 1. The number of hydrogen-bond donors (Lipinski definition) is 1. The second kappa shape index (κ2) is 13.2. The second-order valence-corrected chi connectivity index (χ2v) is 14.0. The quantitative estimate of drug-likeness (QED) is 0.171. The number of carbonyl (C=O) groups excluding carboxylic acids is 1. The van der Waals surface area contributed by atoms with Gasteiger partial charge in [0, 0.05) is 15.6 Å². The van der Waals surface area contributed by atoms with Gasteiger partial charge < -0.3 is 9.05 Å². The maximum absolute atomic E-state index is 14.8. The van der Waals surface area contributed by atoms with Crippen LogP contribution in [0.25, 0.3) is 0 Å². The summed E-state index contributed by atoms with van der Waals surface area (Å²) < 4.78 is 57.5. The highest BCUT2D eigenvalue weighted by Gasteiger charge is 2.57. The SMILES string of the molecule is CCCCCOP(=O)(OCCCCC)C1(NS(=O)(=O)c2ccc(Br)cc2)C=C(Cl)C(=O)c2ccccc21. The zero-order valence-corrected chi connectivity index (χ0v) is 25.0. The van der Waals surface area contributed by atoms with Crippen LogP contribution < -0.4 is 4.72 Å². The molecule has 11 heteroatoms. The van der Waals surface area contributed by atoms with E-state index in [-0.39, 0.29) is 34.3 Å². The van der Waals surface area contributed by atoms with Gasteiger partial charge in [-0.2, -0.15) is 4.72 Å². The van der Waals surface area contributed by atoms with Gasteiger partial charge in [0.1, 0.15) is 0 Å². The van der Waals surface area contributed by atoms with Gasteiger partial charge in [0.25, 0.3) is 0 Å². The molecule has 0 heterocycles. The zero-order valence-electron chi connectivity index (χ0n) is 20.9. The lowest BCUT2D eigenvalue weighted by atomic mass is 9.92. The molecule has 0 amide bonds. The Bertz CT molecular complexity index is 1270. The van der Waals surface area contributed by atoms with Gasteiger partial charge in [-0.15, -0.1) is 0 Å². The van der Waals surface area contributed by atoms with Crippen molar-refractivity contribution in [1.82, 2.24) is 4.72 Å². The number of benzene rings is 2. The van der Waals surface area contributed by atoms with E-state index < -0.39 is 28.7 Å². The highest BCUT2D eigenvalue weighted by molar-refractivity contribution is 9.10. The van der Waals surface area contributed by atoms with Crippen LogP contribution in [0, 0.1) is 0 Å². The molecule has 3 rings (SSSR count). The maximum Gasteiger partial charge on any atom is 0.360 e. The topological polar surface area (TPSA) is 98.8 Å². The van der Waals surface area contributed by atoms with Gasteiger partial charge in [0.2, 0.25) is 15.8 Å². The molecule has 0 saturated carbocycles. The minimum Gasteiger partial charge on any atom is -0.307 e. The summed E-state index contributed by atoms with van der Waals surface area (Å²) in [6.45, 7) is 4.23. The zero-order chi connectivity index (χ0) is 27.1. The van der Waals surface area contributed by atoms with Crippen LogP contribution in [0.3, 0.4) is 0 Å². The number of Topliss-reactive ketones (excluding diaryl/α,β-unsaturated/α-hetero) is 1. The summed E-state index contributed by atoms with van der Waals surface area (Å²) in [7, 11) is -8.63. The van der Waals surface area contributed by atoms with E-state index in [0.717, 1.165) is 25.7 Å². The van der Waals surface area contributed by atoms with Crippen molar-refractivity contribution in [2.24, 2.45) is 0 Å². The average Bonchev–Trinajstić information content (AvgIpc) is 2.88. The molecule has 1 aliphatic rings. The van der Waals surface area contributed by atoms with Crippen LogP contribution in [0.2, 0.25) is 0 Å². The molecule has 0 aliphatic heterocycles. The number of nitrogens with one attached hydrogen (secondary N) is 1. The first-order valence-corrected chi connectivity index (χ1v) is 16.5. The Labute approximate surface area is 232 Å². The lowest BCUT2D eigenvalue weighted by Crippen LogP contribution is -2.47. The van der Waals surface area contributed by atoms with E-state index in [4.69, 9.17) is 20.6 Å². The molecule has 202 valence electrons. The van der Waals surface area contributed by atoms with Crippen LogP contribution >= 0.6 is 35.1 Å². The second-order valence-electron chi connectivity index (χ2n) is 8.77. The van der Waals surface area contributed by atoms with Gasteiger partial charge in [0.15, 0.2) is 5.28 Å². The number of rotatable bonds is 14. The molecule has 1 aliphatic carbocycles. The fourth-order valence-electron chi connectivity index (χ4n) is 4.03. The summed E-state index contributed by atoms with van der Waals surface area (Å²) in [4.78, 5) is 12.9. The molecule has 7 nitrogen and oxygen atoms in total. The van der Waals surface area contributed by atoms with Crippen molar-refractivity contribution in [2.75, 3.05) is 13.2 Å². The Morgan fingerprint density at radius 3 is 2.08 bits per heavy atom. The minimum atomic E-state index is -4.34. The van der Waals surface area contributed by atoms with Crippen LogP contribution in [0.4, 0.5) is 0 Å². The van der Waals surface area contributed by atoms with Crippen molar-refractivity contribution < 1.29 is 26.8 Å². The molecular formula is C26H32BrClNO6PS. The Morgan fingerprint density at radius 1 is 0.946 bits per heavy atom. The molecule has 2 aromatic rings. The number of hydrogen-bond acceptors (Lipinski definition) is 6. The van der Waals surface area contributed by atoms with Crippen molar-refractivity contribution in [1.29, 1.82) is 0 Å². The van der Waals surface area contributed by atoms with Crippen LogP contribution in [0.1, 0.15) is 68.3 Å².